The number of hydrogen-bond donors (Lipinski definition) is 1. The zero-order valence-corrected chi connectivity index (χ0v) is 18.3. The smallest absolute Gasteiger partial charge is 0.253 e. The van der Waals surface area contributed by atoms with Crippen LogP contribution < -0.4 is 10.2 Å². The summed E-state index contributed by atoms with van der Waals surface area (Å²) in [7, 11) is 1.75. The lowest BCUT2D eigenvalue weighted by molar-refractivity contribution is 0.0928. The number of benzene rings is 1. The van der Waals surface area contributed by atoms with Crippen molar-refractivity contribution in [1.82, 2.24) is 10.2 Å². The molecule has 28 heavy (non-hydrogen) atoms. The van der Waals surface area contributed by atoms with Crippen LogP contribution in [0.1, 0.15) is 36.0 Å². The highest BCUT2D eigenvalue weighted by Crippen LogP contribution is 2.41. The van der Waals surface area contributed by atoms with E-state index >= 15 is 0 Å². The van der Waals surface area contributed by atoms with Gasteiger partial charge in [0.25, 0.3) is 5.91 Å². The van der Waals surface area contributed by atoms with Crippen molar-refractivity contribution in [2.24, 2.45) is 11.8 Å². The first-order chi connectivity index (χ1) is 12.8. The summed E-state index contributed by atoms with van der Waals surface area (Å²) in [6, 6.07) is 8.36. The van der Waals surface area contributed by atoms with E-state index in [1.54, 1.807) is 7.11 Å². The van der Waals surface area contributed by atoms with Crippen molar-refractivity contribution in [2.45, 2.75) is 31.7 Å². The van der Waals surface area contributed by atoms with Gasteiger partial charge in [-0.2, -0.15) is 0 Å². The number of para-hydroxylation sites is 1. The van der Waals surface area contributed by atoms with Crippen molar-refractivity contribution in [2.75, 3.05) is 51.3 Å². The summed E-state index contributed by atoms with van der Waals surface area (Å²) in [6.07, 6.45) is 5.08. The molecule has 2 heterocycles. The van der Waals surface area contributed by atoms with Gasteiger partial charge < -0.3 is 15.0 Å². The van der Waals surface area contributed by atoms with Crippen LogP contribution in [-0.4, -0.2) is 63.3 Å². The van der Waals surface area contributed by atoms with Crippen LogP contribution in [0.15, 0.2) is 24.3 Å². The Labute approximate surface area is 181 Å². The molecule has 0 spiro atoms. The highest BCUT2D eigenvalue weighted by Gasteiger charge is 2.43. The van der Waals surface area contributed by atoms with Gasteiger partial charge in [0.2, 0.25) is 0 Å². The number of rotatable bonds is 7. The standard InChI is InChI=1S/C21H31N3O2.2ClH/c1-26-13-12-23-14-18(16-8-9-16)19(15-23)22-21(25)17-6-2-3-7-20(17)24-10-4-5-11-24;;/h2-3,6-7,16,18-19H,4-5,8-15H2,1H3,(H,22,25);2*1H/t18-,19+;;/m1../s1. The number of halogens is 2. The van der Waals surface area contributed by atoms with Crippen molar-refractivity contribution in [3.05, 3.63) is 29.8 Å². The van der Waals surface area contributed by atoms with E-state index in [-0.39, 0.29) is 36.8 Å². The Kier molecular flexibility index (Phi) is 8.87. The van der Waals surface area contributed by atoms with Gasteiger partial charge in [0.05, 0.1) is 12.2 Å². The average Bonchev–Trinajstić information content (AvgIpc) is 3.20. The highest BCUT2D eigenvalue weighted by atomic mass is 35.5. The van der Waals surface area contributed by atoms with Gasteiger partial charge in [0.15, 0.2) is 0 Å². The average molecular weight is 430 g/mol. The molecular weight excluding hydrogens is 397 g/mol. The molecule has 1 aromatic carbocycles. The lowest BCUT2D eigenvalue weighted by Gasteiger charge is -2.23. The van der Waals surface area contributed by atoms with Crippen LogP contribution in [0.25, 0.3) is 0 Å². The van der Waals surface area contributed by atoms with Crippen LogP contribution in [-0.2, 0) is 4.74 Å². The van der Waals surface area contributed by atoms with Gasteiger partial charge in [-0.3, -0.25) is 9.69 Å². The van der Waals surface area contributed by atoms with E-state index in [0.717, 1.165) is 56.5 Å². The number of nitrogens with one attached hydrogen (secondary N) is 1. The molecule has 3 aliphatic rings. The normalized spacial score (nSPS) is 24.5. The molecule has 0 radical (unpaired) electrons. The summed E-state index contributed by atoms with van der Waals surface area (Å²) in [5, 5.41) is 3.39. The number of carbonyl (C=O) groups is 1. The van der Waals surface area contributed by atoms with Gasteiger partial charge in [-0.25, -0.2) is 0 Å². The molecule has 2 atom stereocenters. The number of hydrogen-bond acceptors (Lipinski definition) is 4. The molecule has 3 fully saturated rings. The number of methoxy groups -OCH3 is 1. The molecule has 2 saturated heterocycles. The van der Waals surface area contributed by atoms with Crippen molar-refractivity contribution in [3.8, 4) is 0 Å². The molecule has 1 N–H and O–H groups in total. The number of likely N-dealkylation sites (tertiary alicyclic amines) is 1. The van der Waals surface area contributed by atoms with E-state index in [1.165, 1.54) is 25.7 Å². The molecule has 0 aromatic heterocycles. The number of ether oxygens (including phenoxy) is 1. The van der Waals surface area contributed by atoms with Crippen LogP contribution in [0.5, 0.6) is 0 Å². The molecule has 158 valence electrons. The number of nitrogens with zero attached hydrogens (tertiary/aromatic N) is 2. The highest BCUT2D eigenvalue weighted by molar-refractivity contribution is 6.00. The molecule has 4 rings (SSSR count). The van der Waals surface area contributed by atoms with Crippen LogP contribution in [0.3, 0.4) is 0 Å². The van der Waals surface area contributed by atoms with Crippen molar-refractivity contribution in [1.29, 1.82) is 0 Å². The Bertz CT molecular complexity index is 636. The summed E-state index contributed by atoms with van der Waals surface area (Å²) in [5.74, 6) is 1.48. The zero-order chi connectivity index (χ0) is 17.9. The predicted molar refractivity (Wildman–Crippen MR) is 118 cm³/mol. The molecular formula is C21H33Cl2N3O2. The van der Waals surface area contributed by atoms with Crippen LogP contribution in [0.2, 0.25) is 0 Å². The molecule has 1 amide bonds. The van der Waals surface area contributed by atoms with Crippen molar-refractivity contribution < 1.29 is 9.53 Å². The fourth-order valence-electron chi connectivity index (χ4n) is 4.62. The zero-order valence-electron chi connectivity index (χ0n) is 16.6. The van der Waals surface area contributed by atoms with Crippen molar-refractivity contribution in [3.63, 3.8) is 0 Å². The van der Waals surface area contributed by atoms with Crippen LogP contribution in [0, 0.1) is 11.8 Å². The summed E-state index contributed by atoms with van der Waals surface area (Å²) in [5.41, 5.74) is 1.93. The van der Waals surface area contributed by atoms with Crippen molar-refractivity contribution >= 4 is 36.4 Å². The van der Waals surface area contributed by atoms with E-state index in [1.807, 2.05) is 18.2 Å². The van der Waals surface area contributed by atoms with Crippen LogP contribution in [0.4, 0.5) is 5.69 Å². The van der Waals surface area contributed by atoms with E-state index in [4.69, 9.17) is 4.74 Å². The second-order valence-electron chi connectivity index (χ2n) is 8.04. The third kappa shape index (κ3) is 5.32. The first-order valence-electron chi connectivity index (χ1n) is 10.1. The Hall–Kier alpha value is -1.01. The first-order valence-corrected chi connectivity index (χ1v) is 10.1. The predicted octanol–water partition coefficient (Wildman–Crippen LogP) is 3.22. The fourth-order valence-corrected chi connectivity index (χ4v) is 4.62. The minimum absolute atomic E-state index is 0. The summed E-state index contributed by atoms with van der Waals surface area (Å²) >= 11 is 0. The maximum Gasteiger partial charge on any atom is 0.253 e. The van der Waals surface area contributed by atoms with Gasteiger partial charge in [0.1, 0.15) is 0 Å². The Balaban J connectivity index is 0.00000140. The molecule has 5 nitrogen and oxygen atoms in total. The molecule has 0 unspecified atom stereocenters. The van der Waals surface area contributed by atoms with E-state index in [0.29, 0.717) is 5.92 Å². The maximum atomic E-state index is 13.1. The Morgan fingerprint density at radius 2 is 1.86 bits per heavy atom. The van der Waals surface area contributed by atoms with E-state index < -0.39 is 0 Å². The van der Waals surface area contributed by atoms with Gasteiger partial charge in [-0.1, -0.05) is 12.1 Å². The largest absolute Gasteiger partial charge is 0.383 e. The fraction of sp³-hybridized carbons (Fsp3) is 0.667. The first kappa shape index (κ1) is 23.3. The number of anilines is 1. The monoisotopic (exact) mass is 429 g/mol. The lowest BCUT2D eigenvalue weighted by atomic mass is 9.97. The molecule has 7 heteroatoms. The van der Waals surface area contributed by atoms with Gasteiger partial charge in [-0.15, -0.1) is 24.8 Å². The van der Waals surface area contributed by atoms with E-state index in [9.17, 15) is 4.79 Å². The topological polar surface area (TPSA) is 44.8 Å². The van der Waals surface area contributed by atoms with Crippen LogP contribution >= 0.6 is 24.8 Å². The minimum Gasteiger partial charge on any atom is -0.383 e. The second kappa shape index (κ2) is 10.7. The molecule has 1 aromatic rings. The Morgan fingerprint density at radius 1 is 1.14 bits per heavy atom. The Morgan fingerprint density at radius 3 is 2.54 bits per heavy atom. The molecule has 2 aliphatic heterocycles. The summed E-state index contributed by atoms with van der Waals surface area (Å²) in [4.78, 5) is 17.9. The number of amides is 1. The van der Waals surface area contributed by atoms with Gasteiger partial charge >= 0.3 is 0 Å². The SMILES string of the molecule is COCCN1C[C@H](NC(=O)c2ccccc2N2CCCC2)[C@@H](C2CC2)C1.Cl.Cl. The maximum absolute atomic E-state index is 13.1. The second-order valence-corrected chi connectivity index (χ2v) is 8.04. The lowest BCUT2D eigenvalue weighted by Crippen LogP contribution is -2.41. The third-order valence-electron chi connectivity index (χ3n) is 6.19. The summed E-state index contributed by atoms with van der Waals surface area (Å²) in [6.45, 7) is 5.87. The molecule has 1 aliphatic carbocycles. The van der Waals surface area contributed by atoms with Gasteiger partial charge in [-0.05, 0) is 49.7 Å². The quantitative estimate of drug-likeness (QED) is 0.722. The summed E-state index contributed by atoms with van der Waals surface area (Å²) < 4.78 is 5.24. The number of carbonyl (C=O) groups excluding carboxylic acids is 1. The van der Waals surface area contributed by atoms with E-state index in [2.05, 4.69) is 21.2 Å². The third-order valence-corrected chi connectivity index (χ3v) is 6.19. The minimum atomic E-state index is 0. The molecule has 0 bridgehead atoms. The molecule has 1 saturated carbocycles. The van der Waals surface area contributed by atoms with Gasteiger partial charge in [0, 0.05) is 51.6 Å².